The van der Waals surface area contributed by atoms with Gasteiger partial charge in [0.2, 0.25) is 0 Å². The van der Waals surface area contributed by atoms with Crippen molar-refractivity contribution in [1.82, 2.24) is 0 Å². The average Bonchev–Trinajstić information content (AvgIpc) is 3.05. The SMILES string of the molecule is CCCCCCCCCCCCCCCCCCC(=O)OC[C@H](COP(=O)(O)OCCN)OC(=O)CCCCCCCCCCCC. The number of nitrogens with two attached hydrogens (primary N) is 1. The monoisotopic (exact) mass is 692 g/mol. The van der Waals surface area contributed by atoms with E-state index in [9.17, 15) is 19.0 Å². The van der Waals surface area contributed by atoms with Crippen LogP contribution in [0.4, 0.5) is 0 Å². The molecule has 1 unspecified atom stereocenters. The maximum atomic E-state index is 12.5. The summed E-state index contributed by atoms with van der Waals surface area (Å²) in [5, 5.41) is 0. The van der Waals surface area contributed by atoms with Crippen LogP contribution in [0.2, 0.25) is 0 Å². The van der Waals surface area contributed by atoms with Crippen molar-refractivity contribution >= 4 is 19.8 Å². The molecule has 0 saturated heterocycles. The van der Waals surface area contributed by atoms with Crippen LogP contribution in [0.1, 0.15) is 194 Å². The predicted octanol–water partition coefficient (Wildman–Crippen LogP) is 10.5. The number of hydrogen-bond acceptors (Lipinski definition) is 8. The summed E-state index contributed by atoms with van der Waals surface area (Å²) >= 11 is 0. The van der Waals surface area contributed by atoms with Crippen molar-refractivity contribution in [3.8, 4) is 0 Å². The van der Waals surface area contributed by atoms with Gasteiger partial charge < -0.3 is 20.1 Å². The lowest BCUT2D eigenvalue weighted by molar-refractivity contribution is -0.161. The quantitative estimate of drug-likeness (QED) is 0.0371. The molecule has 0 aliphatic carbocycles. The molecule has 0 bridgehead atoms. The van der Waals surface area contributed by atoms with Crippen molar-refractivity contribution in [2.75, 3.05) is 26.4 Å². The number of carbonyl (C=O) groups is 2. The number of unbranched alkanes of at least 4 members (excludes halogenated alkanes) is 24. The van der Waals surface area contributed by atoms with E-state index in [1.54, 1.807) is 0 Å². The molecule has 2 atom stereocenters. The number of hydrogen-bond donors (Lipinski definition) is 2. The first-order valence-corrected chi connectivity index (χ1v) is 21.0. The van der Waals surface area contributed by atoms with Crippen molar-refractivity contribution in [3.05, 3.63) is 0 Å². The summed E-state index contributed by atoms with van der Waals surface area (Å²) in [6, 6.07) is 0. The molecule has 0 heterocycles. The van der Waals surface area contributed by atoms with Gasteiger partial charge in [-0.15, -0.1) is 0 Å². The fourth-order valence-electron chi connectivity index (χ4n) is 5.58. The Hall–Kier alpha value is -0.990. The Balaban J connectivity index is 4.13. The number of carbonyl (C=O) groups excluding carboxylic acids is 2. The molecule has 0 aliphatic rings. The number of ether oxygens (including phenoxy) is 2. The van der Waals surface area contributed by atoms with Gasteiger partial charge in [0.15, 0.2) is 6.10 Å². The van der Waals surface area contributed by atoms with Crippen LogP contribution in [-0.2, 0) is 32.7 Å². The molecule has 0 aliphatic heterocycles. The first kappa shape index (κ1) is 46.0. The fourth-order valence-corrected chi connectivity index (χ4v) is 6.34. The Morgan fingerprint density at radius 1 is 0.553 bits per heavy atom. The molecule has 0 aromatic carbocycles. The highest BCUT2D eigenvalue weighted by Crippen LogP contribution is 2.43. The first-order valence-electron chi connectivity index (χ1n) is 19.5. The third kappa shape index (κ3) is 34.7. The molecule has 0 amide bonds. The largest absolute Gasteiger partial charge is 0.472 e. The lowest BCUT2D eigenvalue weighted by Gasteiger charge is -2.19. The third-order valence-corrected chi connectivity index (χ3v) is 9.48. The maximum Gasteiger partial charge on any atom is 0.472 e. The molecule has 0 aromatic heterocycles. The summed E-state index contributed by atoms with van der Waals surface area (Å²) < 4.78 is 32.6. The smallest absolute Gasteiger partial charge is 0.462 e. The average molecular weight is 692 g/mol. The molecule has 3 N–H and O–H groups in total. The van der Waals surface area contributed by atoms with E-state index in [0.717, 1.165) is 32.1 Å². The molecular weight excluding hydrogens is 617 g/mol. The fraction of sp³-hybridized carbons (Fsp3) is 0.946. The second kappa shape index (κ2) is 34.9. The van der Waals surface area contributed by atoms with Crippen molar-refractivity contribution < 1.29 is 37.6 Å². The molecule has 9 nitrogen and oxygen atoms in total. The predicted molar refractivity (Wildman–Crippen MR) is 192 cm³/mol. The second-order valence-electron chi connectivity index (χ2n) is 13.2. The van der Waals surface area contributed by atoms with E-state index in [2.05, 4.69) is 13.8 Å². The van der Waals surface area contributed by atoms with Crippen LogP contribution in [0.3, 0.4) is 0 Å². The van der Waals surface area contributed by atoms with Crippen molar-refractivity contribution in [1.29, 1.82) is 0 Å². The van der Waals surface area contributed by atoms with E-state index < -0.39 is 26.5 Å². The molecular formula is C37H74NO8P. The molecule has 0 rings (SSSR count). The highest BCUT2D eigenvalue weighted by molar-refractivity contribution is 7.47. The van der Waals surface area contributed by atoms with Crippen LogP contribution in [0, 0.1) is 0 Å². The van der Waals surface area contributed by atoms with Gasteiger partial charge in [-0.05, 0) is 12.8 Å². The molecule has 10 heteroatoms. The Labute approximate surface area is 288 Å². The highest BCUT2D eigenvalue weighted by Gasteiger charge is 2.26. The summed E-state index contributed by atoms with van der Waals surface area (Å²) in [4.78, 5) is 34.6. The Bertz CT molecular complexity index is 754. The molecule has 0 radical (unpaired) electrons. The summed E-state index contributed by atoms with van der Waals surface area (Å²) in [7, 11) is -4.36. The summed E-state index contributed by atoms with van der Waals surface area (Å²) in [5.41, 5.74) is 5.33. The number of rotatable bonds is 37. The first-order chi connectivity index (χ1) is 22.8. The van der Waals surface area contributed by atoms with Crippen LogP contribution in [-0.4, -0.2) is 49.3 Å². The van der Waals surface area contributed by atoms with Crippen LogP contribution >= 0.6 is 7.82 Å². The van der Waals surface area contributed by atoms with Gasteiger partial charge in [0.05, 0.1) is 13.2 Å². The number of phosphoric ester groups is 1. The van der Waals surface area contributed by atoms with Crippen molar-refractivity contribution in [2.24, 2.45) is 5.73 Å². The zero-order valence-corrected chi connectivity index (χ0v) is 31.4. The van der Waals surface area contributed by atoms with E-state index in [0.29, 0.717) is 6.42 Å². The maximum absolute atomic E-state index is 12.5. The minimum atomic E-state index is -4.36. The molecule has 280 valence electrons. The second-order valence-corrected chi connectivity index (χ2v) is 14.6. The van der Waals surface area contributed by atoms with E-state index in [4.69, 9.17) is 24.3 Å². The topological polar surface area (TPSA) is 134 Å². The van der Waals surface area contributed by atoms with Crippen LogP contribution in [0.5, 0.6) is 0 Å². The van der Waals surface area contributed by atoms with E-state index in [1.165, 1.54) is 128 Å². The third-order valence-electron chi connectivity index (χ3n) is 8.49. The van der Waals surface area contributed by atoms with Gasteiger partial charge in [-0.3, -0.25) is 18.6 Å². The minimum Gasteiger partial charge on any atom is -0.462 e. The lowest BCUT2D eigenvalue weighted by atomic mass is 10.0. The van der Waals surface area contributed by atoms with Gasteiger partial charge in [-0.2, -0.15) is 0 Å². The van der Waals surface area contributed by atoms with Crippen molar-refractivity contribution in [3.63, 3.8) is 0 Å². The standard InChI is InChI=1S/C37H74NO8P/c1-3-5-7-9-11-13-15-16-17-18-19-20-22-23-25-27-29-36(39)43-33-35(34-45-47(41,42)44-32-31-38)46-37(40)30-28-26-24-21-14-12-10-8-6-4-2/h35H,3-34,38H2,1-2H3,(H,41,42)/t35-/m1/s1. The molecule has 47 heavy (non-hydrogen) atoms. The van der Waals surface area contributed by atoms with Gasteiger partial charge in [-0.1, -0.05) is 168 Å². The van der Waals surface area contributed by atoms with Gasteiger partial charge in [0.25, 0.3) is 0 Å². The normalized spacial score (nSPS) is 13.4. The highest BCUT2D eigenvalue weighted by atomic mass is 31.2. The van der Waals surface area contributed by atoms with E-state index in [-0.39, 0.29) is 38.6 Å². The van der Waals surface area contributed by atoms with Gasteiger partial charge in [0, 0.05) is 19.4 Å². The van der Waals surface area contributed by atoms with Gasteiger partial charge in [0.1, 0.15) is 6.61 Å². The minimum absolute atomic E-state index is 0.0577. The van der Waals surface area contributed by atoms with Gasteiger partial charge >= 0.3 is 19.8 Å². The lowest BCUT2D eigenvalue weighted by Crippen LogP contribution is -2.29. The van der Waals surface area contributed by atoms with Crippen LogP contribution < -0.4 is 5.73 Å². The summed E-state index contributed by atoms with van der Waals surface area (Å²) in [6.45, 7) is 3.73. The summed E-state index contributed by atoms with van der Waals surface area (Å²) in [5.74, 6) is -0.819. The van der Waals surface area contributed by atoms with E-state index >= 15 is 0 Å². The molecule has 0 saturated carbocycles. The Kier molecular flexibility index (Phi) is 34.1. The number of phosphoric acid groups is 1. The Morgan fingerprint density at radius 3 is 1.30 bits per heavy atom. The zero-order chi connectivity index (χ0) is 34.7. The molecule has 0 aromatic rings. The number of esters is 2. The zero-order valence-electron chi connectivity index (χ0n) is 30.5. The Morgan fingerprint density at radius 2 is 0.915 bits per heavy atom. The van der Waals surface area contributed by atoms with Crippen LogP contribution in [0.15, 0.2) is 0 Å². The van der Waals surface area contributed by atoms with Gasteiger partial charge in [-0.25, -0.2) is 4.57 Å². The summed E-state index contributed by atoms with van der Waals surface area (Å²) in [6.07, 6.45) is 31.3. The van der Waals surface area contributed by atoms with Crippen LogP contribution in [0.25, 0.3) is 0 Å². The molecule has 0 fully saturated rings. The van der Waals surface area contributed by atoms with Crippen molar-refractivity contribution in [2.45, 2.75) is 200 Å². The molecule has 0 spiro atoms. The van der Waals surface area contributed by atoms with E-state index in [1.807, 2.05) is 0 Å².